The fourth-order valence-electron chi connectivity index (χ4n) is 3.07. The van der Waals surface area contributed by atoms with Crippen molar-refractivity contribution in [3.05, 3.63) is 48.2 Å². The minimum Gasteiger partial charge on any atom is -0.506 e. The van der Waals surface area contributed by atoms with Crippen LogP contribution in [0.1, 0.15) is 25.8 Å². The fraction of sp³-hybridized carbons (Fsp3) is 0.286. The molecule has 1 heterocycles. The van der Waals surface area contributed by atoms with Gasteiger partial charge in [0.1, 0.15) is 17.2 Å². The molecule has 1 aromatic heterocycles. The van der Waals surface area contributed by atoms with Crippen LogP contribution in [0.3, 0.4) is 0 Å². The maximum atomic E-state index is 12.9. The van der Waals surface area contributed by atoms with Gasteiger partial charge in [0.05, 0.1) is 5.25 Å². The SMILES string of the molecule is Cc1cccc2[nH]cc(SC(CC(C)C)C(=O)Nc3c(O)cccc3O)c12. The number of benzene rings is 2. The third-order valence-corrected chi connectivity index (χ3v) is 5.66. The van der Waals surface area contributed by atoms with E-state index in [1.54, 1.807) is 0 Å². The maximum Gasteiger partial charge on any atom is 0.238 e. The molecule has 0 spiro atoms. The molecule has 3 aromatic rings. The molecule has 0 aliphatic carbocycles. The lowest BCUT2D eigenvalue weighted by Gasteiger charge is -2.19. The summed E-state index contributed by atoms with van der Waals surface area (Å²) in [6, 6.07) is 10.5. The molecule has 1 amide bonds. The Labute approximate surface area is 162 Å². The molecule has 5 nitrogen and oxygen atoms in total. The largest absolute Gasteiger partial charge is 0.506 e. The highest BCUT2D eigenvalue weighted by Gasteiger charge is 2.24. The first-order valence-corrected chi connectivity index (χ1v) is 9.80. The van der Waals surface area contributed by atoms with Crippen LogP contribution in [-0.2, 0) is 4.79 Å². The average Bonchev–Trinajstić information content (AvgIpc) is 3.01. The van der Waals surface area contributed by atoms with E-state index in [2.05, 4.69) is 37.1 Å². The molecule has 142 valence electrons. The number of hydrogen-bond acceptors (Lipinski definition) is 4. The van der Waals surface area contributed by atoms with Crippen LogP contribution in [0.2, 0.25) is 0 Å². The van der Waals surface area contributed by atoms with Crippen molar-refractivity contribution in [2.75, 3.05) is 5.32 Å². The Kier molecular flexibility index (Phi) is 5.65. The number of amides is 1. The number of phenols is 2. The number of carbonyl (C=O) groups excluding carboxylic acids is 1. The first-order valence-electron chi connectivity index (χ1n) is 8.92. The van der Waals surface area contributed by atoms with Crippen LogP contribution in [0.4, 0.5) is 5.69 Å². The number of rotatable bonds is 6. The molecule has 1 unspecified atom stereocenters. The van der Waals surface area contributed by atoms with Crippen molar-refractivity contribution < 1.29 is 15.0 Å². The normalized spacial score (nSPS) is 12.4. The molecule has 0 fully saturated rings. The van der Waals surface area contributed by atoms with Crippen LogP contribution in [0.15, 0.2) is 47.5 Å². The number of hydrogen-bond donors (Lipinski definition) is 4. The number of carbonyl (C=O) groups is 1. The van der Waals surface area contributed by atoms with E-state index in [0.717, 1.165) is 21.4 Å². The molecule has 0 aliphatic rings. The predicted molar refractivity (Wildman–Crippen MR) is 111 cm³/mol. The molecule has 2 aromatic carbocycles. The van der Waals surface area contributed by atoms with Crippen LogP contribution in [-0.4, -0.2) is 26.4 Å². The number of H-pyrrole nitrogens is 1. The first-order chi connectivity index (χ1) is 12.9. The third-order valence-electron chi connectivity index (χ3n) is 4.39. The standard InChI is InChI=1S/C21H24N2O3S/c1-12(2)10-17(21(26)23-20-15(24)8-5-9-16(20)25)27-18-11-22-14-7-4-6-13(3)19(14)18/h4-9,11-12,17,22,24-25H,10H2,1-3H3,(H,23,26). The smallest absolute Gasteiger partial charge is 0.238 e. The molecule has 0 aliphatic heterocycles. The number of aromatic hydroxyl groups is 2. The summed E-state index contributed by atoms with van der Waals surface area (Å²) < 4.78 is 0. The topological polar surface area (TPSA) is 85.4 Å². The number of nitrogens with one attached hydrogen (secondary N) is 2. The lowest BCUT2D eigenvalue weighted by Crippen LogP contribution is -2.26. The number of aryl methyl sites for hydroxylation is 1. The molecule has 0 saturated carbocycles. The van der Waals surface area contributed by atoms with E-state index in [-0.39, 0.29) is 28.3 Å². The first kappa shape index (κ1) is 19.2. The summed E-state index contributed by atoms with van der Waals surface area (Å²) in [6.45, 7) is 6.19. The molecule has 6 heteroatoms. The van der Waals surface area contributed by atoms with Gasteiger partial charge >= 0.3 is 0 Å². The number of anilines is 1. The van der Waals surface area contributed by atoms with Gasteiger partial charge in [-0.25, -0.2) is 0 Å². The summed E-state index contributed by atoms with van der Waals surface area (Å²) in [5.74, 6) is -0.231. The van der Waals surface area contributed by atoms with Crippen molar-refractivity contribution in [2.45, 2.75) is 37.3 Å². The Hall–Kier alpha value is -2.60. The predicted octanol–water partition coefficient (Wildman–Crippen LogP) is 5.03. The lowest BCUT2D eigenvalue weighted by molar-refractivity contribution is -0.116. The van der Waals surface area contributed by atoms with Crippen molar-refractivity contribution in [1.82, 2.24) is 4.98 Å². The number of para-hydroxylation sites is 1. The Morgan fingerprint density at radius 3 is 2.48 bits per heavy atom. The van der Waals surface area contributed by atoms with Crippen molar-refractivity contribution in [3.8, 4) is 11.5 Å². The molecule has 0 saturated heterocycles. The van der Waals surface area contributed by atoms with E-state index in [9.17, 15) is 15.0 Å². The van der Waals surface area contributed by atoms with Gasteiger partial charge in [-0.05, 0) is 43.0 Å². The van der Waals surface area contributed by atoms with Gasteiger partial charge in [-0.3, -0.25) is 4.79 Å². The molecule has 3 rings (SSSR count). The molecule has 1 atom stereocenters. The second-order valence-corrected chi connectivity index (χ2v) is 8.29. The van der Waals surface area contributed by atoms with Gasteiger partial charge in [0.15, 0.2) is 0 Å². The molecule has 0 bridgehead atoms. The summed E-state index contributed by atoms with van der Waals surface area (Å²) in [5, 5.41) is 23.4. The summed E-state index contributed by atoms with van der Waals surface area (Å²) in [7, 11) is 0. The van der Waals surface area contributed by atoms with Crippen LogP contribution in [0.25, 0.3) is 10.9 Å². The highest BCUT2D eigenvalue weighted by atomic mass is 32.2. The Balaban J connectivity index is 1.88. The zero-order valence-electron chi connectivity index (χ0n) is 15.6. The molecular formula is C21H24N2O3S. The minimum atomic E-state index is -0.359. The van der Waals surface area contributed by atoms with Gasteiger partial charge in [0.25, 0.3) is 0 Å². The molecular weight excluding hydrogens is 360 g/mol. The number of aromatic amines is 1. The average molecular weight is 385 g/mol. The number of fused-ring (bicyclic) bond motifs is 1. The van der Waals surface area contributed by atoms with Crippen LogP contribution in [0.5, 0.6) is 11.5 Å². The fourth-order valence-corrected chi connectivity index (χ4v) is 4.54. The van der Waals surface area contributed by atoms with Gasteiger partial charge < -0.3 is 20.5 Å². The minimum absolute atomic E-state index is 0.0481. The zero-order valence-corrected chi connectivity index (χ0v) is 16.4. The molecule has 27 heavy (non-hydrogen) atoms. The number of phenolic OH excluding ortho intramolecular Hbond substituents is 2. The quantitative estimate of drug-likeness (QED) is 0.355. The molecule has 0 radical (unpaired) electrons. The summed E-state index contributed by atoms with van der Waals surface area (Å²) in [6.07, 6.45) is 2.60. The van der Waals surface area contributed by atoms with Gasteiger partial charge in [0.2, 0.25) is 5.91 Å². The second-order valence-electron chi connectivity index (χ2n) is 7.05. The van der Waals surface area contributed by atoms with Gasteiger partial charge in [-0.2, -0.15) is 0 Å². The van der Waals surface area contributed by atoms with Gasteiger partial charge in [0, 0.05) is 22.0 Å². The summed E-state index contributed by atoms with van der Waals surface area (Å²) >= 11 is 1.50. The van der Waals surface area contributed by atoms with E-state index in [1.165, 1.54) is 30.0 Å². The zero-order chi connectivity index (χ0) is 19.6. The number of thioether (sulfide) groups is 1. The van der Waals surface area contributed by atoms with Crippen molar-refractivity contribution in [2.24, 2.45) is 5.92 Å². The van der Waals surface area contributed by atoms with E-state index >= 15 is 0 Å². The van der Waals surface area contributed by atoms with Crippen LogP contribution >= 0.6 is 11.8 Å². The third kappa shape index (κ3) is 4.22. The van der Waals surface area contributed by atoms with E-state index < -0.39 is 0 Å². The number of aromatic nitrogens is 1. The highest BCUT2D eigenvalue weighted by Crippen LogP contribution is 2.37. The highest BCUT2D eigenvalue weighted by molar-refractivity contribution is 8.00. The second kappa shape index (κ2) is 7.96. The maximum absolute atomic E-state index is 12.9. The van der Waals surface area contributed by atoms with Crippen molar-refractivity contribution in [1.29, 1.82) is 0 Å². The lowest BCUT2D eigenvalue weighted by atomic mass is 10.1. The summed E-state index contributed by atoms with van der Waals surface area (Å²) in [5.41, 5.74) is 2.24. The van der Waals surface area contributed by atoms with Crippen molar-refractivity contribution >= 4 is 34.3 Å². The Morgan fingerprint density at radius 1 is 1.15 bits per heavy atom. The van der Waals surface area contributed by atoms with E-state index in [4.69, 9.17) is 0 Å². The molecule has 4 N–H and O–H groups in total. The van der Waals surface area contributed by atoms with Gasteiger partial charge in [-0.15, -0.1) is 11.8 Å². The van der Waals surface area contributed by atoms with E-state index in [1.807, 2.05) is 18.3 Å². The monoisotopic (exact) mass is 384 g/mol. The Bertz CT molecular complexity index is 945. The Morgan fingerprint density at radius 2 is 1.81 bits per heavy atom. The van der Waals surface area contributed by atoms with Gasteiger partial charge in [-0.1, -0.05) is 32.0 Å². The summed E-state index contributed by atoms with van der Waals surface area (Å²) in [4.78, 5) is 17.2. The van der Waals surface area contributed by atoms with Crippen molar-refractivity contribution in [3.63, 3.8) is 0 Å². The van der Waals surface area contributed by atoms with Crippen LogP contribution in [0, 0.1) is 12.8 Å². The van der Waals surface area contributed by atoms with Crippen LogP contribution < -0.4 is 5.32 Å². The van der Waals surface area contributed by atoms with E-state index in [0.29, 0.717) is 12.3 Å².